The molecule has 10 nitrogen and oxygen atoms in total. The van der Waals surface area contributed by atoms with E-state index >= 15 is 0 Å². The summed E-state index contributed by atoms with van der Waals surface area (Å²) >= 11 is 0. The molecule has 3 fully saturated rings. The summed E-state index contributed by atoms with van der Waals surface area (Å²) in [6.45, 7) is 3.41. The van der Waals surface area contributed by atoms with E-state index in [4.69, 9.17) is 5.11 Å². The topological polar surface area (TPSA) is 127 Å². The standard InChI is InChI=1S/C25H26N4O6/c30-21-6-5-20(23(33)26-21)29-24(34)18-4-3-15(11-19(18)25(29)35)1-2-16-12-28(13-16)17-7-9-27(10-8-17)14-22(31)32/h3-4,11,16-17,20H,5-10,12-14H2,(H,31,32)(H,26,30,33). The van der Waals surface area contributed by atoms with Crippen LogP contribution in [0, 0.1) is 17.8 Å². The van der Waals surface area contributed by atoms with Gasteiger partial charge in [-0.15, -0.1) is 0 Å². The predicted octanol–water partition coefficient (Wildman–Crippen LogP) is -0.0799. The first-order chi connectivity index (χ1) is 16.8. The summed E-state index contributed by atoms with van der Waals surface area (Å²) < 4.78 is 0. The molecule has 1 unspecified atom stereocenters. The molecule has 1 aromatic rings. The van der Waals surface area contributed by atoms with Crippen molar-refractivity contribution in [3.05, 3.63) is 34.9 Å². The number of likely N-dealkylation sites (tertiary alicyclic amines) is 2. The number of carboxylic acid groups (broad SMARTS) is 1. The number of nitrogens with one attached hydrogen (secondary N) is 1. The van der Waals surface area contributed by atoms with Crippen molar-refractivity contribution in [1.82, 2.24) is 20.0 Å². The molecule has 1 atom stereocenters. The number of benzene rings is 1. The highest BCUT2D eigenvalue weighted by Gasteiger charge is 2.44. The van der Waals surface area contributed by atoms with Crippen molar-refractivity contribution < 1.29 is 29.1 Å². The number of hydrogen-bond acceptors (Lipinski definition) is 7. The minimum absolute atomic E-state index is 0.0837. The van der Waals surface area contributed by atoms with E-state index in [1.165, 1.54) is 0 Å². The van der Waals surface area contributed by atoms with Gasteiger partial charge in [-0.1, -0.05) is 11.8 Å². The second-order valence-corrected chi connectivity index (χ2v) is 9.53. The summed E-state index contributed by atoms with van der Waals surface area (Å²) in [5, 5.41) is 11.1. The Morgan fingerprint density at radius 3 is 2.43 bits per heavy atom. The Morgan fingerprint density at radius 1 is 1.03 bits per heavy atom. The molecule has 4 aliphatic heterocycles. The number of amides is 4. The fraction of sp³-hybridized carbons (Fsp3) is 0.480. The Kier molecular flexibility index (Phi) is 6.13. The number of carboxylic acids is 1. The van der Waals surface area contributed by atoms with E-state index in [1.807, 2.05) is 4.90 Å². The third-order valence-corrected chi connectivity index (χ3v) is 7.20. The molecule has 0 aromatic heterocycles. The van der Waals surface area contributed by atoms with Gasteiger partial charge in [-0.3, -0.25) is 44.0 Å². The van der Waals surface area contributed by atoms with Crippen LogP contribution in [0.4, 0.5) is 0 Å². The third-order valence-electron chi connectivity index (χ3n) is 7.20. The van der Waals surface area contributed by atoms with Crippen LogP contribution in [0.25, 0.3) is 0 Å². The van der Waals surface area contributed by atoms with Crippen molar-refractivity contribution in [3.8, 4) is 11.8 Å². The summed E-state index contributed by atoms with van der Waals surface area (Å²) in [6, 6.07) is 4.36. The summed E-state index contributed by atoms with van der Waals surface area (Å²) in [5.74, 6) is 3.71. The Bertz CT molecular complexity index is 1170. The third kappa shape index (κ3) is 4.57. The summed E-state index contributed by atoms with van der Waals surface area (Å²) in [6.07, 6.45) is 2.12. The normalized spacial score (nSPS) is 24.0. The lowest BCUT2D eigenvalue weighted by Gasteiger charge is -2.45. The molecule has 4 aliphatic rings. The van der Waals surface area contributed by atoms with Gasteiger partial charge in [0.15, 0.2) is 0 Å². The molecule has 0 aliphatic carbocycles. The number of hydrogen-bond donors (Lipinski definition) is 2. The van der Waals surface area contributed by atoms with E-state index < -0.39 is 35.6 Å². The number of aliphatic carboxylic acids is 1. The average Bonchev–Trinajstić information content (AvgIpc) is 3.03. The van der Waals surface area contributed by atoms with Gasteiger partial charge in [-0.25, -0.2) is 0 Å². The van der Waals surface area contributed by atoms with Crippen molar-refractivity contribution in [2.24, 2.45) is 5.92 Å². The molecule has 0 bridgehead atoms. The lowest BCUT2D eigenvalue weighted by molar-refractivity contribution is -0.139. The smallest absolute Gasteiger partial charge is 0.317 e. The summed E-state index contributed by atoms with van der Waals surface area (Å²) in [5.41, 5.74) is 1.11. The molecule has 1 aromatic carbocycles. The Morgan fingerprint density at radius 2 is 1.74 bits per heavy atom. The predicted molar refractivity (Wildman–Crippen MR) is 122 cm³/mol. The number of piperidine rings is 2. The van der Waals surface area contributed by atoms with Gasteiger partial charge < -0.3 is 5.11 Å². The van der Waals surface area contributed by atoms with Crippen LogP contribution in [0.3, 0.4) is 0 Å². The van der Waals surface area contributed by atoms with E-state index in [9.17, 15) is 24.0 Å². The SMILES string of the molecule is O=C(O)CN1CCC(N2CC(C#Cc3ccc4c(c3)C(=O)N(C3CCC(=O)NC3=O)C4=O)C2)CC1. The fourth-order valence-corrected chi connectivity index (χ4v) is 5.27. The van der Waals surface area contributed by atoms with Crippen LogP contribution in [0.2, 0.25) is 0 Å². The minimum Gasteiger partial charge on any atom is -0.480 e. The molecule has 2 N–H and O–H groups in total. The van der Waals surface area contributed by atoms with Crippen LogP contribution < -0.4 is 5.32 Å². The van der Waals surface area contributed by atoms with Crippen molar-refractivity contribution in [1.29, 1.82) is 0 Å². The number of rotatable bonds is 4. The Hall–Kier alpha value is -3.55. The van der Waals surface area contributed by atoms with Crippen molar-refractivity contribution in [3.63, 3.8) is 0 Å². The molecule has 5 rings (SSSR count). The molecule has 35 heavy (non-hydrogen) atoms. The number of carbonyl (C=O) groups is 5. The van der Waals surface area contributed by atoms with Gasteiger partial charge in [0.1, 0.15) is 6.04 Å². The molecule has 4 amide bonds. The fourth-order valence-electron chi connectivity index (χ4n) is 5.27. The second-order valence-electron chi connectivity index (χ2n) is 9.53. The highest BCUT2D eigenvalue weighted by Crippen LogP contribution is 2.29. The first-order valence-electron chi connectivity index (χ1n) is 11.9. The zero-order valence-corrected chi connectivity index (χ0v) is 19.2. The monoisotopic (exact) mass is 478 g/mol. The summed E-state index contributed by atoms with van der Waals surface area (Å²) in [7, 11) is 0. The Balaban J connectivity index is 1.18. The maximum absolute atomic E-state index is 12.9. The van der Waals surface area contributed by atoms with Crippen LogP contribution in [0.15, 0.2) is 18.2 Å². The van der Waals surface area contributed by atoms with Crippen LogP contribution in [-0.2, 0) is 14.4 Å². The number of carbonyl (C=O) groups excluding carboxylic acids is 4. The molecular formula is C25H26N4O6. The van der Waals surface area contributed by atoms with Gasteiger partial charge in [0.05, 0.1) is 17.7 Å². The molecule has 3 saturated heterocycles. The maximum Gasteiger partial charge on any atom is 0.317 e. The average molecular weight is 479 g/mol. The van der Waals surface area contributed by atoms with Crippen LogP contribution in [0.5, 0.6) is 0 Å². The minimum atomic E-state index is -0.980. The quantitative estimate of drug-likeness (QED) is 0.455. The lowest BCUT2D eigenvalue weighted by Crippen LogP contribution is -2.55. The first-order valence-corrected chi connectivity index (χ1v) is 11.9. The molecule has 10 heteroatoms. The van der Waals surface area contributed by atoms with Gasteiger partial charge in [-0.05, 0) is 37.5 Å². The van der Waals surface area contributed by atoms with Crippen molar-refractivity contribution in [2.45, 2.75) is 37.8 Å². The van der Waals surface area contributed by atoms with Gasteiger partial charge in [0.2, 0.25) is 11.8 Å². The maximum atomic E-state index is 12.9. The van der Waals surface area contributed by atoms with E-state index in [-0.39, 0.29) is 36.4 Å². The Labute approximate surface area is 202 Å². The van der Waals surface area contributed by atoms with Crippen molar-refractivity contribution in [2.75, 3.05) is 32.7 Å². The van der Waals surface area contributed by atoms with Gasteiger partial charge in [0.25, 0.3) is 11.8 Å². The largest absolute Gasteiger partial charge is 0.480 e. The first kappa shape index (κ1) is 23.2. The second kappa shape index (κ2) is 9.24. The van der Waals surface area contributed by atoms with E-state index in [2.05, 4.69) is 22.1 Å². The molecular weight excluding hydrogens is 452 g/mol. The van der Waals surface area contributed by atoms with E-state index in [0.717, 1.165) is 43.9 Å². The zero-order chi connectivity index (χ0) is 24.7. The molecule has 182 valence electrons. The lowest BCUT2D eigenvalue weighted by atomic mass is 9.93. The zero-order valence-electron chi connectivity index (χ0n) is 19.2. The molecule has 0 radical (unpaired) electrons. The molecule has 0 saturated carbocycles. The highest BCUT2D eigenvalue weighted by atomic mass is 16.4. The van der Waals surface area contributed by atoms with Gasteiger partial charge >= 0.3 is 5.97 Å². The number of imide groups is 2. The van der Waals surface area contributed by atoms with Gasteiger partial charge in [0, 0.05) is 50.1 Å². The summed E-state index contributed by atoms with van der Waals surface area (Å²) in [4.78, 5) is 65.5. The van der Waals surface area contributed by atoms with Crippen molar-refractivity contribution >= 4 is 29.6 Å². The highest BCUT2D eigenvalue weighted by molar-refractivity contribution is 6.23. The number of fused-ring (bicyclic) bond motifs is 1. The molecule has 0 spiro atoms. The van der Waals surface area contributed by atoms with E-state index in [1.54, 1.807) is 18.2 Å². The van der Waals surface area contributed by atoms with Crippen LogP contribution >= 0.6 is 0 Å². The number of nitrogens with zero attached hydrogens (tertiary/aromatic N) is 3. The van der Waals surface area contributed by atoms with Crippen LogP contribution in [0.1, 0.15) is 52.0 Å². The van der Waals surface area contributed by atoms with E-state index in [0.29, 0.717) is 11.6 Å². The van der Waals surface area contributed by atoms with Crippen LogP contribution in [-0.4, -0.2) is 94.2 Å². The van der Waals surface area contributed by atoms with Gasteiger partial charge in [-0.2, -0.15) is 0 Å². The molecule has 4 heterocycles.